The summed E-state index contributed by atoms with van der Waals surface area (Å²) in [6, 6.07) is 0. The summed E-state index contributed by atoms with van der Waals surface area (Å²) in [4.78, 5) is 129. The molecule has 0 saturated carbocycles. The van der Waals surface area contributed by atoms with Crippen molar-refractivity contribution in [3.05, 3.63) is 0 Å². The highest BCUT2D eigenvalue weighted by Crippen LogP contribution is 2.53. The molecule has 0 rings (SSSR count). The summed E-state index contributed by atoms with van der Waals surface area (Å²) in [7, 11) is -60.0. The van der Waals surface area contributed by atoms with Crippen molar-refractivity contribution in [1.82, 2.24) is 27.7 Å². The number of nitrogens with one attached hydrogen (secondary N) is 5. The van der Waals surface area contributed by atoms with Crippen LogP contribution < -0.4 is 62.1 Å². The Balaban J connectivity index is 5.20. The van der Waals surface area contributed by atoms with Gasteiger partial charge in [-0.3, -0.25) is 99.6 Å². The minimum Gasteiger partial charge on any atom is -0.330 e. The second-order valence-corrected chi connectivity index (χ2v) is 42.8. The van der Waals surface area contributed by atoms with Crippen LogP contribution in [0.25, 0.3) is 0 Å². The van der Waals surface area contributed by atoms with Crippen LogP contribution in [-0.4, -0.2) is 288 Å². The average molecular weight is 2020 g/mol. The number of phosphoric ester groups is 11. The Kier molecular flexibility index (Phi) is 61.6. The number of hydrogen-bond acceptors (Lipinski definition) is 45. The van der Waals surface area contributed by atoms with Crippen LogP contribution in [0.4, 0.5) is 22.4 Å². The van der Waals surface area contributed by atoms with Gasteiger partial charge in [-0.2, -0.15) is 27.7 Å². The van der Waals surface area contributed by atoms with E-state index < -0.39 is 363 Å². The van der Waals surface area contributed by atoms with E-state index in [0.717, 1.165) is 6.66 Å². The number of rotatable bonds is 82. The SMILES string of the molecule is CP(=O)(O)OCC(CN)COP(=O)(O)OCC(CNF)COP(=O)(O)OCC(CN)COP(=O)(O)OCC(CNF)COP(=O)(O)OCC(CN)COP(=O)(O)OCC(CNF)COP(=O)(O)OCC(CN)COP(=O)(O)OCC(CNF)COP(=O)(O)OCC(CN)COP(=O)(O)OCC(CNF)COP(=O)(O)OCC(CN)COP(=O)(O)O. The summed E-state index contributed by atoms with van der Waals surface area (Å²) < 4.78 is 320. The maximum absolute atomic E-state index is 13.3. The summed E-state index contributed by atoms with van der Waals surface area (Å²) in [6.07, 6.45) is 0. The van der Waals surface area contributed by atoms with E-state index in [-0.39, 0.29) is 13.1 Å². The van der Waals surface area contributed by atoms with Crippen molar-refractivity contribution in [2.24, 2.45) is 99.5 Å². The Hall–Kier alpha value is 0.570. The first-order valence-electron chi connectivity index (χ1n) is 34.2. The highest BCUT2D eigenvalue weighted by atomic mass is 31.2. The number of hydrogen-bond donors (Lipinski definition) is 24. The van der Waals surface area contributed by atoms with Crippen molar-refractivity contribution < 1.29 is 240 Å². The summed E-state index contributed by atoms with van der Waals surface area (Å²) in [5, 5.41) is 0. The van der Waals surface area contributed by atoms with Gasteiger partial charge in [0.2, 0.25) is 0 Å². The largest absolute Gasteiger partial charge is 0.472 e. The van der Waals surface area contributed by atoms with Crippen LogP contribution in [0.15, 0.2) is 0 Å². The first-order valence-corrected chi connectivity index (χ1v) is 52.7. The number of nitrogens with two attached hydrogens (primary N) is 6. The molecule has 0 bridgehead atoms. The fraction of sp³-hybridized carbons (Fsp3) is 1.00. The van der Waals surface area contributed by atoms with Crippen LogP contribution in [-0.2, 0) is 154 Å². The van der Waals surface area contributed by atoms with Gasteiger partial charge in [0.25, 0.3) is 0 Å². The molecule has 0 saturated heterocycles. The molecular weight excluding hydrogens is 1910 g/mol. The molecule has 0 aromatic rings. The van der Waals surface area contributed by atoms with Gasteiger partial charge >= 0.3 is 93.6 Å². The van der Waals surface area contributed by atoms with Gasteiger partial charge in [-0.25, -0.2) is 50.2 Å². The van der Waals surface area contributed by atoms with Gasteiger partial charge in [-0.15, -0.1) is 22.4 Å². The van der Waals surface area contributed by atoms with Gasteiger partial charge in [0, 0.05) is 104 Å². The molecule has 58 nitrogen and oxygen atoms in total. The maximum Gasteiger partial charge on any atom is 0.472 e. The Bertz CT molecular complexity index is 3230. The molecule has 0 aliphatic rings. The van der Waals surface area contributed by atoms with Gasteiger partial charge in [-0.1, -0.05) is 0 Å². The molecule has 0 aromatic carbocycles. The van der Waals surface area contributed by atoms with Crippen molar-refractivity contribution in [3.63, 3.8) is 0 Å². The molecule has 0 amide bonds. The molecule has 22 unspecified atom stereocenters. The molecular formula is C45H110F5N11O47P12. The van der Waals surface area contributed by atoms with E-state index in [4.69, 9.17) is 139 Å². The Morgan fingerprint density at radius 1 is 0.200 bits per heavy atom. The van der Waals surface area contributed by atoms with E-state index in [1.165, 1.54) is 27.7 Å². The molecule has 0 heterocycles. The molecule has 120 heavy (non-hydrogen) atoms. The van der Waals surface area contributed by atoms with Crippen molar-refractivity contribution in [2.45, 2.75) is 0 Å². The Morgan fingerprint density at radius 2 is 0.300 bits per heavy atom. The lowest BCUT2D eigenvalue weighted by Gasteiger charge is -2.23. The van der Waals surface area contributed by atoms with Crippen molar-refractivity contribution >= 4 is 93.6 Å². The zero-order chi connectivity index (χ0) is 91.8. The minimum atomic E-state index is -5.20. The van der Waals surface area contributed by atoms with Crippen LogP contribution >= 0.6 is 93.6 Å². The molecule has 22 atom stereocenters. The summed E-state index contributed by atoms with van der Waals surface area (Å²) in [6.45, 7) is -23.9. The van der Waals surface area contributed by atoms with Crippen LogP contribution in [0, 0.1) is 65.1 Å². The van der Waals surface area contributed by atoms with Gasteiger partial charge in [-0.05, 0) is 39.3 Å². The van der Waals surface area contributed by atoms with Crippen LogP contribution in [0.1, 0.15) is 0 Å². The van der Waals surface area contributed by atoms with Gasteiger partial charge in [0.05, 0.1) is 145 Å². The lowest BCUT2D eigenvalue weighted by Crippen LogP contribution is -2.28. The molecule has 0 radical (unpaired) electrons. The first-order chi connectivity index (χ1) is 55.5. The lowest BCUT2D eigenvalue weighted by atomic mass is 10.2. The van der Waals surface area contributed by atoms with Gasteiger partial charge < -0.3 is 103 Å². The molecule has 0 aromatic heterocycles. The van der Waals surface area contributed by atoms with E-state index in [9.17, 15) is 131 Å². The normalized spacial score (nSPS) is 21.0. The number of phosphoric acid groups is 11. The van der Waals surface area contributed by atoms with Crippen molar-refractivity contribution in [2.75, 3.05) is 224 Å². The lowest BCUT2D eigenvalue weighted by molar-refractivity contribution is 0.0607. The topological polar surface area (TPSA) is 887 Å². The standard InChI is InChI=1S/C45H110F5N11O47P12/c1-109(62,63)87-13-35(2-51)15-89-111(67,68)99-25-41(8-57-46)27-101-113(71,72)91-17-37(4-53)19-93-115(75,76)103-29-43(10-59-48)31-105-117(79,80)95-21-39(6-55)23-97-119(83,84)107-33-45(12-61-50)34-108-120(85,86)98-24-40(7-56)22-96-118(81,82)106-32-44(11-60-49)30-104-116(77,78)94-20-38(5-54)18-92-114(73,74)102-28-42(9-58-47)26-100-112(69,70)90-16-36(3-52)14-88-110(64,65)66/h35-45,57-61H,2-34,51-56H2,1H3,(H,62,63)(H,67,68)(H,69,70)(H,71,72)(H,73,74)(H,75,76)(H,77,78)(H,79,80)(H,81,82)(H,83,84)(H,85,86)(H2,64,65,66). The highest BCUT2D eigenvalue weighted by molar-refractivity contribution is 7.52. The molecule has 0 spiro atoms. The monoisotopic (exact) mass is 2020 g/mol. The highest BCUT2D eigenvalue weighted by Gasteiger charge is 2.38. The zero-order valence-corrected chi connectivity index (χ0v) is 74.3. The molecule has 30 N–H and O–H groups in total. The third-order valence-corrected chi connectivity index (χ3v) is 24.9. The molecule has 0 fully saturated rings. The Morgan fingerprint density at radius 3 is 0.392 bits per heavy atom. The van der Waals surface area contributed by atoms with E-state index >= 15 is 0 Å². The summed E-state index contributed by atoms with van der Waals surface area (Å²) in [5.41, 5.74) is 39.3. The molecule has 722 valence electrons. The van der Waals surface area contributed by atoms with Crippen molar-refractivity contribution in [3.8, 4) is 0 Å². The molecule has 0 aliphatic heterocycles. The Labute approximate surface area is 682 Å². The van der Waals surface area contributed by atoms with Crippen LogP contribution in [0.2, 0.25) is 0 Å². The maximum atomic E-state index is 13.3. The first kappa shape index (κ1) is 121. The third-order valence-electron chi connectivity index (χ3n) is 14.3. The van der Waals surface area contributed by atoms with Crippen LogP contribution in [0.3, 0.4) is 0 Å². The predicted molar refractivity (Wildman–Crippen MR) is 395 cm³/mol. The van der Waals surface area contributed by atoms with Crippen molar-refractivity contribution in [1.29, 1.82) is 0 Å². The third kappa shape index (κ3) is 64.4. The molecule has 75 heteroatoms. The summed E-state index contributed by atoms with van der Waals surface area (Å²) in [5.74, 6) is -13.5. The van der Waals surface area contributed by atoms with E-state index in [0.29, 0.717) is 0 Å². The average Bonchev–Trinajstić information content (AvgIpc) is 0.856. The zero-order valence-electron chi connectivity index (χ0n) is 63.6. The summed E-state index contributed by atoms with van der Waals surface area (Å²) >= 11 is 0. The van der Waals surface area contributed by atoms with E-state index in [1.54, 1.807) is 0 Å². The van der Waals surface area contributed by atoms with Gasteiger partial charge in [0.1, 0.15) is 0 Å². The quantitative estimate of drug-likeness (QED) is 0.0201. The van der Waals surface area contributed by atoms with E-state index in [1.807, 2.05) is 0 Å². The minimum absolute atomic E-state index is 0.219. The fourth-order valence-corrected chi connectivity index (χ4v) is 16.9. The van der Waals surface area contributed by atoms with E-state index in [2.05, 4.69) is 4.52 Å². The van der Waals surface area contributed by atoms with Gasteiger partial charge in [0.15, 0.2) is 0 Å². The predicted octanol–water partition coefficient (Wildman–Crippen LogP) is -0.836. The van der Waals surface area contributed by atoms with Crippen LogP contribution in [0.5, 0.6) is 0 Å². The fourth-order valence-electron chi connectivity index (χ4n) is 7.29. The second kappa shape index (κ2) is 61.3. The number of halogens is 5. The smallest absolute Gasteiger partial charge is 0.330 e. The second-order valence-electron chi connectivity index (χ2n) is 25.1. The molecule has 0 aliphatic carbocycles.